The van der Waals surface area contributed by atoms with E-state index in [1.807, 2.05) is 26.0 Å². The summed E-state index contributed by atoms with van der Waals surface area (Å²) in [7, 11) is 0. The molecule has 0 radical (unpaired) electrons. The van der Waals surface area contributed by atoms with Crippen LogP contribution in [0.15, 0.2) is 39.2 Å². The van der Waals surface area contributed by atoms with Gasteiger partial charge in [-0.05, 0) is 54.0 Å². The lowest BCUT2D eigenvalue weighted by Crippen LogP contribution is -2.05. The quantitative estimate of drug-likeness (QED) is 0.667. The van der Waals surface area contributed by atoms with Crippen molar-refractivity contribution in [2.45, 2.75) is 19.9 Å². The first kappa shape index (κ1) is 13.6. The average Bonchev–Trinajstić information content (AvgIpc) is 2.78. The van der Waals surface area contributed by atoms with Crippen LogP contribution in [0.4, 0.5) is 11.4 Å². The highest BCUT2D eigenvalue weighted by atomic mass is 79.9. The first-order valence-corrected chi connectivity index (χ1v) is 6.53. The largest absolute Gasteiger partial charge is 0.464 e. The van der Waals surface area contributed by atoms with Crippen molar-refractivity contribution in [1.82, 2.24) is 0 Å². The Bertz CT molecular complexity index is 610. The maximum absolute atomic E-state index is 10.9. The Morgan fingerprint density at radius 1 is 1.37 bits per heavy atom. The fourth-order valence-electron chi connectivity index (χ4n) is 1.75. The summed E-state index contributed by atoms with van der Waals surface area (Å²) in [5, 5.41) is 14.0. The van der Waals surface area contributed by atoms with Gasteiger partial charge in [-0.1, -0.05) is 0 Å². The highest BCUT2D eigenvalue weighted by Crippen LogP contribution is 2.29. The zero-order valence-corrected chi connectivity index (χ0v) is 12.1. The molecule has 0 aliphatic heterocycles. The molecule has 100 valence electrons. The molecule has 0 aliphatic rings. The van der Waals surface area contributed by atoms with Gasteiger partial charge in [0.2, 0.25) is 0 Å². The number of nitro benzene ring substituents is 1. The summed E-state index contributed by atoms with van der Waals surface area (Å²) in [6.45, 7) is 3.81. The second-order valence-electron chi connectivity index (χ2n) is 4.24. The van der Waals surface area contributed by atoms with Gasteiger partial charge in [0, 0.05) is 11.8 Å². The molecule has 1 aromatic heterocycles. The van der Waals surface area contributed by atoms with Gasteiger partial charge in [-0.2, -0.15) is 0 Å². The number of furan rings is 1. The molecule has 1 heterocycles. The smallest absolute Gasteiger partial charge is 0.285 e. The molecule has 1 atom stereocenters. The second-order valence-corrected chi connectivity index (χ2v) is 5.09. The lowest BCUT2D eigenvalue weighted by molar-refractivity contribution is -0.385. The maximum atomic E-state index is 10.9. The number of nitrogens with zero attached hydrogens (tertiary/aromatic N) is 1. The van der Waals surface area contributed by atoms with Crippen LogP contribution in [0.25, 0.3) is 0 Å². The minimum Gasteiger partial charge on any atom is -0.464 e. The van der Waals surface area contributed by atoms with Gasteiger partial charge in [-0.15, -0.1) is 0 Å². The van der Waals surface area contributed by atoms with Crippen molar-refractivity contribution < 1.29 is 9.34 Å². The van der Waals surface area contributed by atoms with E-state index in [9.17, 15) is 10.1 Å². The van der Waals surface area contributed by atoms with Crippen molar-refractivity contribution in [3.8, 4) is 0 Å². The third-order valence-electron chi connectivity index (χ3n) is 2.71. The van der Waals surface area contributed by atoms with Crippen molar-refractivity contribution in [1.29, 1.82) is 0 Å². The van der Waals surface area contributed by atoms with Crippen molar-refractivity contribution in [2.75, 3.05) is 5.32 Å². The molecule has 0 saturated carbocycles. The zero-order chi connectivity index (χ0) is 14.0. The minimum absolute atomic E-state index is 0.0350. The number of hydrogen-bond donors (Lipinski definition) is 1. The lowest BCUT2D eigenvalue weighted by atomic mass is 10.2. The van der Waals surface area contributed by atoms with E-state index in [0.29, 0.717) is 10.2 Å². The molecule has 0 aliphatic carbocycles. The molecule has 0 spiro atoms. The number of aryl methyl sites for hydroxylation is 1. The van der Waals surface area contributed by atoms with Crippen LogP contribution < -0.4 is 5.32 Å². The third-order valence-corrected chi connectivity index (χ3v) is 3.38. The molecular formula is C13H13BrN2O3. The molecule has 0 amide bonds. The molecule has 2 rings (SSSR count). The summed E-state index contributed by atoms with van der Waals surface area (Å²) in [5.41, 5.74) is 0.712. The Balaban J connectivity index is 2.19. The van der Waals surface area contributed by atoms with Crippen molar-refractivity contribution >= 4 is 27.3 Å². The van der Waals surface area contributed by atoms with Crippen molar-refractivity contribution in [2.24, 2.45) is 0 Å². The summed E-state index contributed by atoms with van der Waals surface area (Å²) in [5.74, 6) is 1.63. The molecule has 19 heavy (non-hydrogen) atoms. The average molecular weight is 325 g/mol. The SMILES string of the molecule is Cc1ccc(C(C)Nc2ccc(Br)c([N+](=O)[O-])c2)o1. The van der Waals surface area contributed by atoms with Gasteiger partial charge < -0.3 is 9.73 Å². The van der Waals surface area contributed by atoms with E-state index in [1.54, 1.807) is 12.1 Å². The molecular weight excluding hydrogens is 312 g/mol. The van der Waals surface area contributed by atoms with Crippen LogP contribution in [0.3, 0.4) is 0 Å². The van der Waals surface area contributed by atoms with E-state index in [-0.39, 0.29) is 11.7 Å². The number of anilines is 1. The Morgan fingerprint density at radius 2 is 2.11 bits per heavy atom. The predicted octanol–water partition coefficient (Wildman–Crippen LogP) is 4.43. The summed E-state index contributed by atoms with van der Waals surface area (Å²) in [6, 6.07) is 8.65. The van der Waals surface area contributed by atoms with E-state index in [4.69, 9.17) is 4.42 Å². The van der Waals surface area contributed by atoms with E-state index >= 15 is 0 Å². The van der Waals surface area contributed by atoms with E-state index < -0.39 is 4.92 Å². The monoisotopic (exact) mass is 324 g/mol. The molecule has 1 N–H and O–H groups in total. The minimum atomic E-state index is -0.420. The van der Waals surface area contributed by atoms with Crippen molar-refractivity contribution in [3.05, 3.63) is 56.4 Å². The Labute approximate surface area is 118 Å². The van der Waals surface area contributed by atoms with Crippen LogP contribution >= 0.6 is 15.9 Å². The summed E-state index contributed by atoms with van der Waals surface area (Å²) in [4.78, 5) is 10.4. The molecule has 5 nitrogen and oxygen atoms in total. The third kappa shape index (κ3) is 3.14. The Hall–Kier alpha value is -1.82. The predicted molar refractivity (Wildman–Crippen MR) is 76.3 cm³/mol. The van der Waals surface area contributed by atoms with Crippen molar-refractivity contribution in [3.63, 3.8) is 0 Å². The molecule has 0 bridgehead atoms. The maximum Gasteiger partial charge on any atom is 0.285 e. The number of halogens is 1. The van der Waals surface area contributed by atoms with Crippen LogP contribution in [0.2, 0.25) is 0 Å². The topological polar surface area (TPSA) is 68.3 Å². The van der Waals surface area contributed by atoms with Crippen LogP contribution in [0.5, 0.6) is 0 Å². The lowest BCUT2D eigenvalue weighted by Gasteiger charge is -2.13. The summed E-state index contributed by atoms with van der Waals surface area (Å²) in [6.07, 6.45) is 0. The number of rotatable bonds is 4. The second kappa shape index (κ2) is 5.44. The molecule has 1 aromatic carbocycles. The molecule has 2 aromatic rings. The highest BCUT2D eigenvalue weighted by molar-refractivity contribution is 9.10. The van der Waals surface area contributed by atoms with E-state index in [0.717, 1.165) is 11.5 Å². The van der Waals surface area contributed by atoms with Gasteiger partial charge in [-0.3, -0.25) is 10.1 Å². The van der Waals surface area contributed by atoms with Gasteiger partial charge in [0.25, 0.3) is 5.69 Å². The molecule has 0 saturated heterocycles. The van der Waals surface area contributed by atoms with Crippen LogP contribution in [-0.2, 0) is 0 Å². The standard InChI is InChI=1S/C13H13BrN2O3/c1-8-3-6-13(19-8)9(2)15-10-4-5-11(14)12(7-10)16(17)18/h3-7,9,15H,1-2H3. The van der Waals surface area contributed by atoms with Gasteiger partial charge in [0.05, 0.1) is 15.4 Å². The van der Waals surface area contributed by atoms with E-state index in [2.05, 4.69) is 21.2 Å². The summed E-state index contributed by atoms with van der Waals surface area (Å²) < 4.78 is 5.98. The van der Waals surface area contributed by atoms with Crippen LogP contribution in [0, 0.1) is 17.0 Å². The number of benzene rings is 1. The van der Waals surface area contributed by atoms with E-state index in [1.165, 1.54) is 6.07 Å². The number of nitro groups is 1. The normalized spacial score (nSPS) is 12.2. The highest BCUT2D eigenvalue weighted by Gasteiger charge is 2.14. The van der Waals surface area contributed by atoms with Gasteiger partial charge in [-0.25, -0.2) is 0 Å². The Morgan fingerprint density at radius 3 is 2.68 bits per heavy atom. The first-order valence-electron chi connectivity index (χ1n) is 5.74. The fourth-order valence-corrected chi connectivity index (χ4v) is 2.14. The van der Waals surface area contributed by atoms with Crippen LogP contribution in [-0.4, -0.2) is 4.92 Å². The van der Waals surface area contributed by atoms with Gasteiger partial charge >= 0.3 is 0 Å². The first-order chi connectivity index (χ1) is 8.97. The summed E-state index contributed by atoms with van der Waals surface area (Å²) >= 11 is 3.16. The zero-order valence-electron chi connectivity index (χ0n) is 10.5. The molecule has 6 heteroatoms. The fraction of sp³-hybridized carbons (Fsp3) is 0.231. The number of nitrogens with one attached hydrogen (secondary N) is 1. The van der Waals surface area contributed by atoms with Gasteiger partial charge in [0.1, 0.15) is 11.5 Å². The molecule has 1 unspecified atom stereocenters. The number of hydrogen-bond acceptors (Lipinski definition) is 4. The van der Waals surface area contributed by atoms with Gasteiger partial charge in [0.15, 0.2) is 0 Å². The van der Waals surface area contributed by atoms with Crippen LogP contribution in [0.1, 0.15) is 24.5 Å². The molecule has 0 fully saturated rings. The Kier molecular flexibility index (Phi) is 3.90.